The molecule has 1 atom stereocenters. The van der Waals surface area contributed by atoms with Crippen molar-refractivity contribution in [2.45, 2.75) is 38.1 Å². The van der Waals surface area contributed by atoms with Gasteiger partial charge in [-0.2, -0.15) is 0 Å². The minimum Gasteiger partial charge on any atom is -0.370 e. The molecule has 3 aliphatic carbocycles. The number of thiophene rings is 1. The van der Waals surface area contributed by atoms with Gasteiger partial charge in [0.05, 0.1) is 28.5 Å². The molecule has 11 rings (SSSR count). The molecule has 0 spiro atoms. The summed E-state index contributed by atoms with van der Waals surface area (Å²) in [6, 6.07) is 25.6. The van der Waals surface area contributed by atoms with E-state index in [1.807, 2.05) is 11.3 Å². The fraction of sp³-hybridized carbons (Fsp3) is 0.146. The predicted octanol–water partition coefficient (Wildman–Crippen LogP) is 10.8. The number of hydrogen-bond donors (Lipinski definition) is 1. The Kier molecular flexibility index (Phi) is 4.45. The minimum absolute atomic E-state index is 0.0129. The normalized spacial score (nSPS) is 18.7. The molecule has 0 saturated carbocycles. The third-order valence-electron chi connectivity index (χ3n) is 10.8. The molecule has 3 nitrogen and oxygen atoms in total. The molecule has 4 heteroatoms. The fourth-order valence-corrected chi connectivity index (χ4v) is 9.92. The summed E-state index contributed by atoms with van der Waals surface area (Å²) < 4.78 is 3.81. The smallest absolute Gasteiger partial charge is 0.162 e. The average Bonchev–Trinajstić information content (AvgIpc) is 3.77. The van der Waals surface area contributed by atoms with E-state index in [0.29, 0.717) is 0 Å². The highest BCUT2D eigenvalue weighted by Gasteiger charge is 2.35. The van der Waals surface area contributed by atoms with E-state index >= 15 is 0 Å². The number of hydrogen-bond acceptors (Lipinski definition) is 3. The predicted molar refractivity (Wildman–Crippen MR) is 192 cm³/mol. The molecular weight excluding hydrogens is 567 g/mol. The van der Waals surface area contributed by atoms with Gasteiger partial charge in [-0.25, -0.2) is 4.99 Å². The highest BCUT2D eigenvalue weighted by Crippen LogP contribution is 2.53. The van der Waals surface area contributed by atoms with Crippen LogP contribution in [0.15, 0.2) is 102 Å². The maximum atomic E-state index is 5.33. The van der Waals surface area contributed by atoms with E-state index in [2.05, 4.69) is 127 Å². The van der Waals surface area contributed by atoms with Crippen LogP contribution in [0.25, 0.3) is 65.6 Å². The van der Waals surface area contributed by atoms with E-state index in [1.165, 1.54) is 86.8 Å². The molecule has 3 aromatic heterocycles. The molecule has 7 aromatic rings. The van der Waals surface area contributed by atoms with Gasteiger partial charge in [-0.05, 0) is 88.2 Å². The van der Waals surface area contributed by atoms with Gasteiger partial charge in [0.25, 0.3) is 0 Å². The molecule has 1 N–H and O–H groups in total. The quantitative estimate of drug-likeness (QED) is 0.201. The van der Waals surface area contributed by atoms with Crippen LogP contribution in [0.4, 0.5) is 11.5 Å². The van der Waals surface area contributed by atoms with Crippen LogP contribution >= 0.6 is 11.3 Å². The van der Waals surface area contributed by atoms with Crippen LogP contribution in [0.1, 0.15) is 41.8 Å². The lowest BCUT2D eigenvalue weighted by Crippen LogP contribution is -2.29. The van der Waals surface area contributed by atoms with E-state index in [9.17, 15) is 0 Å². The first-order valence-corrected chi connectivity index (χ1v) is 16.8. The second-order valence-electron chi connectivity index (χ2n) is 13.5. The number of rotatable bonds is 1. The van der Waals surface area contributed by atoms with Gasteiger partial charge in [0.15, 0.2) is 5.82 Å². The van der Waals surface area contributed by atoms with E-state index in [0.717, 1.165) is 24.4 Å². The topological polar surface area (TPSA) is 28.8 Å². The highest BCUT2D eigenvalue weighted by molar-refractivity contribution is 7.20. The first-order chi connectivity index (χ1) is 22.1. The van der Waals surface area contributed by atoms with E-state index in [4.69, 9.17) is 4.99 Å². The largest absolute Gasteiger partial charge is 0.370 e. The molecule has 0 fully saturated rings. The Hall–Kier alpha value is -4.93. The third-order valence-corrected chi connectivity index (χ3v) is 11.9. The Labute approximate surface area is 264 Å². The number of fused-ring (bicyclic) bond motifs is 14. The van der Waals surface area contributed by atoms with Gasteiger partial charge in [-0.15, -0.1) is 11.3 Å². The lowest BCUT2D eigenvalue weighted by Gasteiger charge is -2.23. The number of aromatic nitrogens is 1. The Morgan fingerprint density at radius 2 is 1.73 bits per heavy atom. The number of aryl methyl sites for hydroxylation is 1. The van der Waals surface area contributed by atoms with Crippen molar-refractivity contribution in [3.8, 4) is 22.3 Å². The fourth-order valence-electron chi connectivity index (χ4n) is 8.68. The molecule has 4 aromatic carbocycles. The third kappa shape index (κ3) is 2.99. The minimum atomic E-state index is 0.0129. The molecule has 0 saturated heterocycles. The highest BCUT2D eigenvalue weighted by atomic mass is 32.1. The summed E-state index contributed by atoms with van der Waals surface area (Å²) in [5, 5.41) is 9.28. The summed E-state index contributed by atoms with van der Waals surface area (Å²) >= 11 is 1.94. The van der Waals surface area contributed by atoms with Crippen molar-refractivity contribution in [1.29, 1.82) is 0 Å². The number of aliphatic imine (C=N–C) groups is 1. The number of anilines is 1. The van der Waals surface area contributed by atoms with Crippen LogP contribution in [0, 0.1) is 0 Å². The molecule has 1 aliphatic heterocycles. The summed E-state index contributed by atoms with van der Waals surface area (Å²) in [5.74, 6) is 1.03. The molecule has 45 heavy (non-hydrogen) atoms. The Balaban J connectivity index is 1.20. The molecule has 214 valence electrons. The van der Waals surface area contributed by atoms with Gasteiger partial charge in [-0.1, -0.05) is 80.6 Å². The van der Waals surface area contributed by atoms with Crippen molar-refractivity contribution in [2.75, 3.05) is 5.32 Å². The van der Waals surface area contributed by atoms with Crippen LogP contribution in [0.3, 0.4) is 0 Å². The maximum Gasteiger partial charge on any atom is 0.162 e. The molecule has 0 bridgehead atoms. The van der Waals surface area contributed by atoms with Crippen molar-refractivity contribution in [1.82, 2.24) is 4.40 Å². The van der Waals surface area contributed by atoms with Crippen molar-refractivity contribution in [2.24, 2.45) is 4.99 Å². The van der Waals surface area contributed by atoms with Crippen molar-refractivity contribution < 1.29 is 0 Å². The van der Waals surface area contributed by atoms with Crippen molar-refractivity contribution in [3.05, 3.63) is 119 Å². The second kappa shape index (κ2) is 8.21. The van der Waals surface area contributed by atoms with E-state index < -0.39 is 0 Å². The van der Waals surface area contributed by atoms with Crippen molar-refractivity contribution in [3.63, 3.8) is 0 Å². The number of nitrogens with zero attached hydrogens (tertiary/aromatic N) is 2. The summed E-state index contributed by atoms with van der Waals surface area (Å²) in [6.07, 6.45) is 15.4. The molecule has 4 heterocycles. The monoisotopic (exact) mass is 595 g/mol. The summed E-state index contributed by atoms with van der Waals surface area (Å²) in [5.41, 5.74) is 14.3. The summed E-state index contributed by atoms with van der Waals surface area (Å²) in [4.78, 5) is 6.74. The van der Waals surface area contributed by atoms with Crippen LogP contribution in [-0.4, -0.2) is 16.2 Å². The zero-order valence-electron chi connectivity index (χ0n) is 25.1. The van der Waals surface area contributed by atoms with E-state index in [-0.39, 0.29) is 11.5 Å². The van der Waals surface area contributed by atoms with E-state index in [1.54, 1.807) is 0 Å². The van der Waals surface area contributed by atoms with Gasteiger partial charge < -0.3 is 5.32 Å². The Morgan fingerprint density at radius 3 is 2.69 bits per heavy atom. The Morgan fingerprint density at radius 1 is 0.867 bits per heavy atom. The first-order valence-electron chi connectivity index (χ1n) is 16.0. The lowest BCUT2D eigenvalue weighted by molar-refractivity contribution is 0.660. The zero-order valence-corrected chi connectivity index (χ0v) is 25.9. The Bertz CT molecular complexity index is 2600. The van der Waals surface area contributed by atoms with Gasteiger partial charge in [0, 0.05) is 36.5 Å². The van der Waals surface area contributed by atoms with Gasteiger partial charge in [-0.3, -0.25) is 4.40 Å². The second-order valence-corrected chi connectivity index (χ2v) is 14.6. The standard InChI is InChI=1S/C41H29N3S/c1-41(2)29-11-5-3-9-24(29)26-19-22(15-17-30(26)41)23-16-18-33-27(20-23)28-21-35-36(25-10-4-8-14-34(25)45-35)37-38-40(44(33)39(28)37)43-32-13-7-6-12-31(32)42-38/h3,5-9,11-21,31,42H,4,10H2,1-2H3. The molecular formula is C41H29N3S. The van der Waals surface area contributed by atoms with Crippen molar-refractivity contribution >= 4 is 71.9 Å². The molecule has 0 amide bonds. The molecule has 4 aliphatic rings. The zero-order chi connectivity index (χ0) is 29.6. The van der Waals surface area contributed by atoms with Crippen LogP contribution in [0.2, 0.25) is 0 Å². The lowest BCUT2D eigenvalue weighted by atomic mass is 9.82. The van der Waals surface area contributed by atoms with Gasteiger partial charge >= 0.3 is 0 Å². The number of nitrogens with one attached hydrogen (secondary N) is 1. The van der Waals surface area contributed by atoms with Gasteiger partial charge in [0.2, 0.25) is 0 Å². The van der Waals surface area contributed by atoms with Crippen LogP contribution in [0.5, 0.6) is 0 Å². The number of allylic oxidation sites excluding steroid dienone is 3. The number of benzene rings is 4. The maximum absolute atomic E-state index is 5.33. The first kappa shape index (κ1) is 24.4. The summed E-state index contributed by atoms with van der Waals surface area (Å²) in [6.45, 7) is 4.70. The van der Waals surface area contributed by atoms with Crippen LogP contribution < -0.4 is 5.32 Å². The average molecular weight is 596 g/mol. The molecule has 0 radical (unpaired) electrons. The van der Waals surface area contributed by atoms with Gasteiger partial charge in [0.1, 0.15) is 0 Å². The SMILES string of the molecule is CC1(C)c2ccccc2-c2cc(-c3ccc4c(c3)c3cc5sc6c(c5c5c7c(n4c35)N=C3C=CC=CC3N7)CCC=C6)ccc21. The molecule has 1 unspecified atom stereocenters. The summed E-state index contributed by atoms with van der Waals surface area (Å²) in [7, 11) is 0. The van der Waals surface area contributed by atoms with Crippen LogP contribution in [-0.2, 0) is 11.8 Å².